The smallest absolute Gasteiger partial charge is 0.411 e. The minimum absolute atomic E-state index is 0.0118. The molecule has 21 N–H and O–H groups in total. The molecule has 0 spiro atoms. The van der Waals surface area contributed by atoms with Gasteiger partial charge in [0.2, 0.25) is 41.4 Å². The van der Waals surface area contributed by atoms with Crippen molar-refractivity contribution in [3.8, 4) is 23.0 Å². The Balaban J connectivity index is 0.694. The summed E-state index contributed by atoms with van der Waals surface area (Å²) in [6.07, 6.45) is 1.16. The molecule has 2 aromatic heterocycles. The van der Waals surface area contributed by atoms with E-state index in [1.165, 1.54) is 85.8 Å². The third-order valence-electron chi connectivity index (χ3n) is 21.1. The van der Waals surface area contributed by atoms with Crippen LogP contribution in [0.2, 0.25) is 0 Å². The van der Waals surface area contributed by atoms with Gasteiger partial charge in [0.25, 0.3) is 23.3 Å². The second-order valence-corrected chi connectivity index (χ2v) is 35.1. The number of carboxylic acids is 5. The van der Waals surface area contributed by atoms with Crippen LogP contribution in [0.1, 0.15) is 127 Å². The summed E-state index contributed by atoms with van der Waals surface area (Å²) in [5.41, 5.74) is 13.8. The number of aliphatic imine (C=N–C) groups is 1. The van der Waals surface area contributed by atoms with Crippen LogP contribution in [0.4, 0.5) is 27.8 Å². The molecule has 5 aromatic rings. The van der Waals surface area contributed by atoms with Gasteiger partial charge in [-0.2, -0.15) is 4.98 Å². The molecule has 52 nitrogen and oxygen atoms in total. The molecule has 54 heteroatoms. The number of likely N-dealkylation sites (tertiary alicyclic amines) is 1. The molecule has 10 amide bonds. The number of hydrogen-bond donors (Lipinski definition) is 19. The summed E-state index contributed by atoms with van der Waals surface area (Å²) in [6, 6.07) is 0.451. The Morgan fingerprint density at radius 2 is 1.21 bits per heavy atom. The molecular formula is C89H117N21O31S2. The maximum absolute atomic E-state index is 14.4. The van der Waals surface area contributed by atoms with E-state index < -0.39 is 181 Å². The average Bonchev–Trinajstić information content (AvgIpc) is 1.64. The Morgan fingerprint density at radius 3 is 1.83 bits per heavy atom. The van der Waals surface area contributed by atoms with Gasteiger partial charge < -0.3 is 142 Å². The summed E-state index contributed by atoms with van der Waals surface area (Å²) < 4.78 is 51.2. The van der Waals surface area contributed by atoms with Gasteiger partial charge in [-0.15, -0.1) is 0 Å². The number of nitrogens with one attached hydrogen (secondary N) is 12. The number of amides is 10. The molecule has 2 saturated heterocycles. The molecule has 0 radical (unpaired) electrons. The lowest BCUT2D eigenvalue weighted by Crippen LogP contribution is -2.59. The molecule has 0 bridgehead atoms. The predicted molar refractivity (Wildman–Crippen MR) is 514 cm³/mol. The van der Waals surface area contributed by atoms with Crippen LogP contribution in [0.25, 0.3) is 11.2 Å². The van der Waals surface area contributed by atoms with Crippen LogP contribution in [0.5, 0.6) is 23.0 Å². The molecule has 3 aliphatic rings. The van der Waals surface area contributed by atoms with Crippen molar-refractivity contribution in [2.24, 2.45) is 15.9 Å². The molecule has 5 heterocycles. The molecule has 2 fully saturated rings. The van der Waals surface area contributed by atoms with Gasteiger partial charge in [0, 0.05) is 79.6 Å². The van der Waals surface area contributed by atoms with Gasteiger partial charge in [0.15, 0.2) is 40.1 Å². The number of nitrogens with two attached hydrogens (primary N) is 2. The number of rotatable bonds is 64. The highest BCUT2D eigenvalue weighted by Crippen LogP contribution is 2.40. The van der Waals surface area contributed by atoms with Crippen molar-refractivity contribution in [2.75, 3.05) is 142 Å². The molecule has 143 heavy (non-hydrogen) atoms. The van der Waals surface area contributed by atoms with E-state index in [0.29, 0.717) is 79.4 Å². The van der Waals surface area contributed by atoms with Gasteiger partial charge in [-0.1, -0.05) is 51.0 Å². The van der Waals surface area contributed by atoms with E-state index in [-0.39, 0.29) is 168 Å². The first-order valence-corrected chi connectivity index (χ1v) is 47.2. The second kappa shape index (κ2) is 58.2. The number of nitrogen functional groups attached to an aromatic ring is 1. The van der Waals surface area contributed by atoms with Crippen molar-refractivity contribution in [3.63, 3.8) is 0 Å². The van der Waals surface area contributed by atoms with E-state index >= 15 is 0 Å². The number of methoxy groups -OCH3 is 2. The minimum atomic E-state index is -2.09. The van der Waals surface area contributed by atoms with Gasteiger partial charge in [0.1, 0.15) is 50.0 Å². The number of nitrogens with zero attached hydrogens (tertiary/aromatic N) is 7. The van der Waals surface area contributed by atoms with Gasteiger partial charge in [-0.3, -0.25) is 83.0 Å². The third-order valence-corrected chi connectivity index (χ3v) is 24.0. The van der Waals surface area contributed by atoms with Crippen molar-refractivity contribution in [1.29, 1.82) is 5.41 Å². The zero-order valence-electron chi connectivity index (χ0n) is 78.6. The number of ether oxygens (including phenoxy) is 9. The van der Waals surface area contributed by atoms with Crippen LogP contribution in [0, 0.1) is 5.41 Å². The van der Waals surface area contributed by atoms with Crippen LogP contribution in [-0.4, -0.2) is 342 Å². The summed E-state index contributed by atoms with van der Waals surface area (Å²) >= 11 is 0. The molecule has 3 aromatic carbocycles. The van der Waals surface area contributed by atoms with Crippen LogP contribution in [0.15, 0.2) is 94.0 Å². The number of fused-ring (bicyclic) bond motifs is 3. The Bertz CT molecular complexity index is 5500. The first kappa shape index (κ1) is 113. The first-order chi connectivity index (χ1) is 68.4. The number of H-pyrrole nitrogens is 1. The highest BCUT2D eigenvalue weighted by atomic mass is 33.1. The lowest BCUT2D eigenvalue weighted by molar-refractivity contribution is -0.143. The van der Waals surface area contributed by atoms with Crippen LogP contribution >= 0.6 is 21.6 Å². The van der Waals surface area contributed by atoms with E-state index in [9.17, 15) is 102 Å². The Kier molecular flexibility index (Phi) is 46.1. The van der Waals surface area contributed by atoms with E-state index in [1.807, 2.05) is 0 Å². The zero-order chi connectivity index (χ0) is 104. The zero-order valence-corrected chi connectivity index (χ0v) is 80.3. The average molecular weight is 2040 g/mol. The van der Waals surface area contributed by atoms with E-state index in [1.54, 1.807) is 30.2 Å². The molecule has 1 unspecified atom stereocenters. The summed E-state index contributed by atoms with van der Waals surface area (Å²) in [7, 11) is 6.60. The first-order valence-electron chi connectivity index (χ1n) is 44.8. The Morgan fingerprint density at radius 1 is 0.629 bits per heavy atom. The highest BCUT2D eigenvalue weighted by Gasteiger charge is 2.39. The van der Waals surface area contributed by atoms with Crippen molar-refractivity contribution in [1.82, 2.24) is 72.3 Å². The summed E-state index contributed by atoms with van der Waals surface area (Å²) in [5.74, 6) is -15.6. The Labute approximate surface area is 825 Å². The quantitative estimate of drug-likeness (QED) is 0.00649. The maximum Gasteiger partial charge on any atom is 0.411 e. The molecular weight excluding hydrogens is 1920 g/mol. The number of carbonyl (C=O) groups is 15. The monoisotopic (exact) mass is 2040 g/mol. The number of carboxylic acid groups (broad SMARTS) is 5. The summed E-state index contributed by atoms with van der Waals surface area (Å²) in [6.45, 7) is 10.6. The van der Waals surface area contributed by atoms with Gasteiger partial charge >= 0.3 is 35.9 Å². The number of guanidine groups is 1. The number of aromatic amines is 1. The van der Waals surface area contributed by atoms with Crippen molar-refractivity contribution < 1.29 is 145 Å². The number of oxime groups is 1. The lowest BCUT2D eigenvalue weighted by Gasteiger charge is -2.26. The predicted octanol–water partition coefficient (Wildman–Crippen LogP) is 1.19. The number of aromatic nitrogens is 4. The third kappa shape index (κ3) is 37.8. The molecule has 8 rings (SSSR count). The molecule has 0 aliphatic carbocycles. The number of unbranched alkanes of at least 4 members (excludes halogenated alkanes) is 2. The maximum atomic E-state index is 14.4. The van der Waals surface area contributed by atoms with Gasteiger partial charge in [0.05, 0.1) is 159 Å². The normalized spacial score (nSPS) is 15.1. The fraction of sp³-hybridized carbons (Fsp3) is 0.483. The van der Waals surface area contributed by atoms with Crippen LogP contribution in [-0.2, 0) is 87.8 Å². The molecule has 9 atom stereocenters. The van der Waals surface area contributed by atoms with Crippen LogP contribution in [0.3, 0.4) is 0 Å². The molecule has 3 aliphatic heterocycles. The topological polar surface area (TPSA) is 748 Å². The largest absolute Gasteiger partial charge is 0.493 e. The number of carbonyl (C=O) groups excluding carboxylic acids is 10. The van der Waals surface area contributed by atoms with Gasteiger partial charge in [-0.05, 0) is 94.7 Å². The summed E-state index contributed by atoms with van der Waals surface area (Å²) in [5, 5.41) is 84.1. The van der Waals surface area contributed by atoms with E-state index in [4.69, 9.17) is 64.3 Å². The second-order valence-electron chi connectivity index (χ2n) is 32.2. The standard InChI is InChI=1S/C89H117N21O31S2/c1-48-31-54-42-96-60-35-68(66(132-4)33-56(60)83(125)109(54)44-48)139-21-8-7-9-22-140-69-36-61(57(34-67(69)133-5)84(126)110-45-49(2)32-55(110)43-98-134-6)106-89(131)141-46-50(3)143-142-47-65(86(129)130)101-71(112)18-23-135-25-27-137-29-30-138-28-26-136-24-20-93-78(120)62(37-72(113)114)104-81(123)64(39-74(117)118)105-79(121)58(11-10-19-94-87(90)91)102-80(122)63(38-73(115)116)100-70(111)17-16-59(85(127)128)103-77(119)51-12-14-52(15-13-51)95-40-53-41-97-76-75(99-53)82(124)108-88(92)107-76/h12-15,33-36,41-43,50,54-55,58-59,62-65,95H,1-2,7-11,16-32,37-40,44-47H2,3-6H3,(H,93,120)(H,100,111)(H,101,112)(H,102,122)(H,103,119)(H,104,123)(H,105,121)(H,106,131)(H,113,114)(H,115,116)(H,117,118)(H,127,128)(H,129,130)(H4,90,91,94)(H3,92,97,107,108,124)/b98-43+/t50?,54-,55-,58-,59-,62-,63-,64-,65-/m0/s1. The number of hydrogen-bond acceptors (Lipinski definition) is 36. The lowest BCUT2D eigenvalue weighted by atomic mass is 10.1. The summed E-state index contributed by atoms with van der Waals surface area (Å²) in [4.78, 5) is 236. The fourth-order valence-corrected chi connectivity index (χ4v) is 16.4. The van der Waals surface area contributed by atoms with E-state index in [2.05, 4.69) is 96.4 Å². The molecule has 776 valence electrons. The number of anilines is 3. The van der Waals surface area contributed by atoms with Crippen molar-refractivity contribution in [2.45, 2.75) is 151 Å². The highest BCUT2D eigenvalue weighted by molar-refractivity contribution is 8.77. The van der Waals surface area contributed by atoms with Gasteiger partial charge in [-0.25, -0.2) is 24.4 Å². The van der Waals surface area contributed by atoms with E-state index in [0.717, 1.165) is 21.9 Å². The SMILES string of the molecule is C=C1C[C@H]2C=Nc3cc(OCCCCCOc4cc(NC(=O)OCC(C)SSC[C@H](NC(=O)CCOCCOCCOCCOCCNC(=O)[C@H](CC(=O)O)NC(=O)[C@H](CC(=O)O)NC(=O)[C@H](CCCNC(=N)N)NC(=O)[C@H](CC(=O)O)NC(=O)CC[C@H](NC(=O)c5ccc(NCc6cnc7nc(N)[nH]c(=O)c7n6)cc5)C(=O)O)C(=O)O)c(C(=O)N5CC(=C)C[C@H]5/C=N/OC)cc4OC)c(OC)cc3C(=O)N2C1. The molecule has 0 saturated carbocycles. The van der Waals surface area contributed by atoms with Crippen molar-refractivity contribution in [3.05, 3.63) is 112 Å². The number of benzene rings is 3. The Hall–Kier alpha value is -15.0. The minimum Gasteiger partial charge on any atom is -0.493 e. The van der Waals surface area contributed by atoms with Crippen molar-refractivity contribution >= 4 is 163 Å². The van der Waals surface area contributed by atoms with Crippen LogP contribution < -0.4 is 89.1 Å². The number of aliphatic carboxylic acids is 5. The fourth-order valence-electron chi connectivity index (χ4n) is 14.1.